The fourth-order valence-corrected chi connectivity index (χ4v) is 0.655. The van der Waals surface area contributed by atoms with E-state index in [1.54, 1.807) is 0 Å². The van der Waals surface area contributed by atoms with Crippen molar-refractivity contribution >= 4 is 5.91 Å². The number of amides is 1. The third-order valence-electron chi connectivity index (χ3n) is 1.36. The third kappa shape index (κ3) is 4.75. The molecule has 0 aliphatic heterocycles. The summed E-state index contributed by atoms with van der Waals surface area (Å²) in [6.07, 6.45) is 5.31. The Bertz CT molecular complexity index is 181. The predicted octanol–water partition coefficient (Wildman–Crippen LogP) is 0.109. The summed E-state index contributed by atoms with van der Waals surface area (Å²) in [5, 5.41) is 2.71. The number of rotatable bonds is 4. The van der Waals surface area contributed by atoms with Gasteiger partial charge in [-0.2, -0.15) is 0 Å². The third-order valence-corrected chi connectivity index (χ3v) is 1.36. The SMILES string of the molecule is C#CCC(N)C(=O)NCC(C)C. The molecule has 3 N–H and O–H groups in total. The summed E-state index contributed by atoms with van der Waals surface area (Å²) in [6.45, 7) is 4.69. The molecule has 0 fully saturated rings. The highest BCUT2D eigenvalue weighted by molar-refractivity contribution is 5.81. The molecule has 0 spiro atoms. The first-order valence-corrected chi connectivity index (χ1v) is 4.04. The van der Waals surface area contributed by atoms with Crippen LogP contribution in [0.5, 0.6) is 0 Å². The summed E-state index contributed by atoms with van der Waals surface area (Å²) in [5.41, 5.74) is 5.46. The number of carbonyl (C=O) groups is 1. The second-order valence-electron chi connectivity index (χ2n) is 3.15. The number of hydrogen-bond acceptors (Lipinski definition) is 2. The van der Waals surface area contributed by atoms with Crippen LogP contribution in [0.2, 0.25) is 0 Å². The molecule has 0 saturated carbocycles. The molecule has 0 aliphatic rings. The van der Waals surface area contributed by atoms with Crippen molar-refractivity contribution in [2.75, 3.05) is 6.54 Å². The molecular weight excluding hydrogens is 152 g/mol. The summed E-state index contributed by atoms with van der Waals surface area (Å²) in [7, 11) is 0. The summed E-state index contributed by atoms with van der Waals surface area (Å²) in [5.74, 6) is 2.62. The van der Waals surface area contributed by atoms with Crippen molar-refractivity contribution in [2.45, 2.75) is 26.3 Å². The van der Waals surface area contributed by atoms with Gasteiger partial charge in [0.2, 0.25) is 5.91 Å². The van der Waals surface area contributed by atoms with Crippen molar-refractivity contribution in [2.24, 2.45) is 11.7 Å². The maximum Gasteiger partial charge on any atom is 0.237 e. The van der Waals surface area contributed by atoms with Crippen molar-refractivity contribution in [1.82, 2.24) is 5.32 Å². The van der Waals surface area contributed by atoms with Crippen LogP contribution in [-0.2, 0) is 4.79 Å². The smallest absolute Gasteiger partial charge is 0.237 e. The summed E-state index contributed by atoms with van der Waals surface area (Å²) < 4.78 is 0. The highest BCUT2D eigenvalue weighted by atomic mass is 16.2. The van der Waals surface area contributed by atoms with E-state index in [-0.39, 0.29) is 5.91 Å². The van der Waals surface area contributed by atoms with Gasteiger partial charge in [0.1, 0.15) is 0 Å². The first-order chi connectivity index (χ1) is 5.57. The Labute approximate surface area is 73.7 Å². The monoisotopic (exact) mass is 168 g/mol. The van der Waals surface area contributed by atoms with Crippen LogP contribution in [0.1, 0.15) is 20.3 Å². The molecule has 0 aromatic rings. The van der Waals surface area contributed by atoms with E-state index in [1.165, 1.54) is 0 Å². The zero-order valence-electron chi connectivity index (χ0n) is 7.63. The lowest BCUT2D eigenvalue weighted by molar-refractivity contribution is -0.122. The Hall–Kier alpha value is -1.01. The van der Waals surface area contributed by atoms with Crippen molar-refractivity contribution in [3.63, 3.8) is 0 Å². The fourth-order valence-electron chi connectivity index (χ4n) is 0.655. The van der Waals surface area contributed by atoms with Gasteiger partial charge in [-0.1, -0.05) is 13.8 Å². The van der Waals surface area contributed by atoms with Gasteiger partial charge in [0.25, 0.3) is 0 Å². The van der Waals surface area contributed by atoms with Gasteiger partial charge in [-0.25, -0.2) is 0 Å². The van der Waals surface area contributed by atoms with Gasteiger partial charge in [-0.15, -0.1) is 12.3 Å². The van der Waals surface area contributed by atoms with Crippen molar-refractivity contribution < 1.29 is 4.79 Å². The fraction of sp³-hybridized carbons (Fsp3) is 0.667. The Kier molecular flexibility index (Phi) is 5.14. The van der Waals surface area contributed by atoms with E-state index in [9.17, 15) is 4.79 Å². The van der Waals surface area contributed by atoms with Crippen LogP contribution in [0.4, 0.5) is 0 Å². The van der Waals surface area contributed by atoms with Gasteiger partial charge in [-0.3, -0.25) is 4.79 Å². The molecule has 0 aromatic heterocycles. The van der Waals surface area contributed by atoms with E-state index < -0.39 is 6.04 Å². The average molecular weight is 168 g/mol. The molecule has 3 heteroatoms. The van der Waals surface area contributed by atoms with Crippen molar-refractivity contribution in [3.8, 4) is 12.3 Å². The van der Waals surface area contributed by atoms with Gasteiger partial charge in [-0.05, 0) is 5.92 Å². The van der Waals surface area contributed by atoms with Gasteiger partial charge < -0.3 is 11.1 Å². The summed E-state index contributed by atoms with van der Waals surface area (Å²) in [4.78, 5) is 11.1. The normalized spacial score (nSPS) is 12.2. The maximum absolute atomic E-state index is 11.1. The van der Waals surface area contributed by atoms with Crippen LogP contribution in [-0.4, -0.2) is 18.5 Å². The lowest BCUT2D eigenvalue weighted by Gasteiger charge is -2.10. The molecule has 0 rings (SSSR count). The van der Waals surface area contributed by atoms with E-state index in [0.29, 0.717) is 18.9 Å². The molecule has 12 heavy (non-hydrogen) atoms. The van der Waals surface area contributed by atoms with E-state index in [4.69, 9.17) is 12.2 Å². The van der Waals surface area contributed by atoms with E-state index >= 15 is 0 Å². The minimum Gasteiger partial charge on any atom is -0.354 e. The van der Waals surface area contributed by atoms with Crippen LogP contribution in [0.3, 0.4) is 0 Å². The molecule has 0 radical (unpaired) electrons. The molecule has 0 bridgehead atoms. The molecular formula is C9H16N2O. The molecule has 3 nitrogen and oxygen atoms in total. The quantitative estimate of drug-likeness (QED) is 0.585. The lowest BCUT2D eigenvalue weighted by Crippen LogP contribution is -2.41. The molecule has 1 atom stereocenters. The number of carbonyl (C=O) groups excluding carboxylic acids is 1. The van der Waals surface area contributed by atoms with Crippen LogP contribution in [0.25, 0.3) is 0 Å². The lowest BCUT2D eigenvalue weighted by atomic mass is 10.2. The number of terminal acetylenes is 1. The molecule has 0 heterocycles. The van der Waals surface area contributed by atoms with Crippen LogP contribution < -0.4 is 11.1 Å². The molecule has 0 saturated heterocycles. The van der Waals surface area contributed by atoms with Gasteiger partial charge in [0.15, 0.2) is 0 Å². The minimum absolute atomic E-state index is 0.165. The van der Waals surface area contributed by atoms with Crippen LogP contribution >= 0.6 is 0 Å². The van der Waals surface area contributed by atoms with Gasteiger partial charge in [0, 0.05) is 13.0 Å². The second-order valence-corrected chi connectivity index (χ2v) is 3.15. The Morgan fingerprint density at radius 3 is 2.67 bits per heavy atom. The van der Waals surface area contributed by atoms with Crippen LogP contribution in [0, 0.1) is 18.3 Å². The van der Waals surface area contributed by atoms with Crippen LogP contribution in [0.15, 0.2) is 0 Å². The second kappa shape index (κ2) is 5.62. The van der Waals surface area contributed by atoms with E-state index in [2.05, 4.69) is 11.2 Å². The summed E-state index contributed by atoms with van der Waals surface area (Å²) in [6, 6.07) is -0.561. The average Bonchev–Trinajstić information content (AvgIpc) is 2.00. The number of hydrogen-bond donors (Lipinski definition) is 2. The Morgan fingerprint density at radius 1 is 1.67 bits per heavy atom. The Balaban J connectivity index is 3.66. The van der Waals surface area contributed by atoms with E-state index in [0.717, 1.165) is 0 Å². The molecule has 68 valence electrons. The number of nitrogens with two attached hydrogens (primary N) is 1. The Morgan fingerprint density at radius 2 is 2.25 bits per heavy atom. The highest BCUT2D eigenvalue weighted by Crippen LogP contribution is 1.90. The van der Waals surface area contributed by atoms with Gasteiger partial charge >= 0.3 is 0 Å². The first kappa shape index (κ1) is 11.0. The number of nitrogens with one attached hydrogen (secondary N) is 1. The zero-order chi connectivity index (χ0) is 9.56. The first-order valence-electron chi connectivity index (χ1n) is 4.04. The van der Waals surface area contributed by atoms with Crippen molar-refractivity contribution in [3.05, 3.63) is 0 Å². The molecule has 0 aromatic carbocycles. The zero-order valence-corrected chi connectivity index (χ0v) is 7.63. The summed E-state index contributed by atoms with van der Waals surface area (Å²) >= 11 is 0. The predicted molar refractivity (Wildman–Crippen MR) is 49.3 cm³/mol. The topological polar surface area (TPSA) is 55.1 Å². The minimum atomic E-state index is -0.561. The van der Waals surface area contributed by atoms with E-state index in [1.807, 2.05) is 13.8 Å². The molecule has 1 unspecified atom stereocenters. The molecule has 0 aliphatic carbocycles. The largest absolute Gasteiger partial charge is 0.354 e. The molecule has 1 amide bonds. The van der Waals surface area contributed by atoms with Crippen molar-refractivity contribution in [1.29, 1.82) is 0 Å². The standard InChI is InChI=1S/C9H16N2O/c1-4-5-8(10)9(12)11-6-7(2)3/h1,7-8H,5-6,10H2,2-3H3,(H,11,12). The maximum atomic E-state index is 11.1. The van der Waals surface area contributed by atoms with Gasteiger partial charge in [0.05, 0.1) is 6.04 Å². The highest BCUT2D eigenvalue weighted by Gasteiger charge is 2.10.